The first kappa shape index (κ1) is 13.7. The smallest absolute Gasteiger partial charge is 0.0952 e. The van der Waals surface area contributed by atoms with Gasteiger partial charge in [-0.3, -0.25) is 4.98 Å². The summed E-state index contributed by atoms with van der Waals surface area (Å²) >= 11 is 0. The number of pyridine rings is 1. The third kappa shape index (κ3) is 3.87. The van der Waals surface area contributed by atoms with Crippen LogP contribution < -0.4 is 5.32 Å². The van der Waals surface area contributed by atoms with E-state index in [0.717, 1.165) is 31.0 Å². The van der Waals surface area contributed by atoms with Crippen molar-refractivity contribution in [3.8, 4) is 0 Å². The van der Waals surface area contributed by atoms with Crippen molar-refractivity contribution in [2.75, 3.05) is 20.3 Å². The van der Waals surface area contributed by atoms with Gasteiger partial charge in [-0.05, 0) is 18.6 Å². The number of nitrogens with one attached hydrogen (secondary N) is 1. The molecule has 0 aliphatic rings. The SMILES string of the molecule is COCCNCc1cncn1Cc1ncccc1C. The van der Waals surface area contributed by atoms with Crippen LogP contribution in [0.25, 0.3) is 0 Å². The van der Waals surface area contributed by atoms with Crippen molar-refractivity contribution in [3.05, 3.63) is 47.8 Å². The second kappa shape index (κ2) is 7.01. The van der Waals surface area contributed by atoms with Crippen LogP contribution >= 0.6 is 0 Å². The van der Waals surface area contributed by atoms with Gasteiger partial charge in [0, 0.05) is 32.6 Å². The summed E-state index contributed by atoms with van der Waals surface area (Å²) in [6.45, 7) is 5.18. The largest absolute Gasteiger partial charge is 0.383 e. The lowest BCUT2D eigenvalue weighted by atomic mass is 10.2. The highest BCUT2D eigenvalue weighted by atomic mass is 16.5. The van der Waals surface area contributed by atoms with Gasteiger partial charge in [-0.2, -0.15) is 0 Å². The van der Waals surface area contributed by atoms with E-state index >= 15 is 0 Å². The molecule has 2 rings (SSSR count). The number of nitrogens with zero attached hydrogens (tertiary/aromatic N) is 3. The zero-order valence-electron chi connectivity index (χ0n) is 11.5. The van der Waals surface area contributed by atoms with Gasteiger partial charge in [0.15, 0.2) is 0 Å². The third-order valence-electron chi connectivity index (χ3n) is 3.03. The van der Waals surface area contributed by atoms with Gasteiger partial charge in [0.05, 0.1) is 30.9 Å². The number of rotatable bonds is 7. The van der Waals surface area contributed by atoms with Crippen LogP contribution in [0.4, 0.5) is 0 Å². The van der Waals surface area contributed by atoms with Gasteiger partial charge >= 0.3 is 0 Å². The average molecular weight is 260 g/mol. The molecule has 0 atom stereocenters. The lowest BCUT2D eigenvalue weighted by Crippen LogP contribution is -2.20. The third-order valence-corrected chi connectivity index (χ3v) is 3.03. The van der Waals surface area contributed by atoms with Crippen LogP contribution in [0.1, 0.15) is 17.0 Å². The van der Waals surface area contributed by atoms with E-state index in [1.807, 2.05) is 24.8 Å². The van der Waals surface area contributed by atoms with Crippen molar-refractivity contribution in [1.82, 2.24) is 19.9 Å². The van der Waals surface area contributed by atoms with Gasteiger partial charge in [0.2, 0.25) is 0 Å². The number of ether oxygens (including phenoxy) is 1. The molecule has 0 aliphatic heterocycles. The fourth-order valence-electron chi connectivity index (χ4n) is 1.87. The highest BCUT2D eigenvalue weighted by Crippen LogP contribution is 2.08. The van der Waals surface area contributed by atoms with Crippen LogP contribution in [0.3, 0.4) is 0 Å². The van der Waals surface area contributed by atoms with Crippen molar-refractivity contribution in [2.45, 2.75) is 20.0 Å². The van der Waals surface area contributed by atoms with Crippen LogP contribution in [0.15, 0.2) is 30.9 Å². The minimum absolute atomic E-state index is 0.716. The van der Waals surface area contributed by atoms with Crippen LogP contribution in [-0.2, 0) is 17.8 Å². The van der Waals surface area contributed by atoms with Gasteiger partial charge in [-0.1, -0.05) is 6.07 Å². The zero-order chi connectivity index (χ0) is 13.5. The Bertz CT molecular complexity index is 510. The van der Waals surface area contributed by atoms with Gasteiger partial charge < -0.3 is 14.6 Å². The van der Waals surface area contributed by atoms with E-state index in [0.29, 0.717) is 6.61 Å². The molecule has 0 saturated carbocycles. The number of hydrogen-bond donors (Lipinski definition) is 1. The summed E-state index contributed by atoms with van der Waals surface area (Å²) in [7, 11) is 1.70. The molecule has 0 bridgehead atoms. The summed E-state index contributed by atoms with van der Waals surface area (Å²) in [5.41, 5.74) is 3.44. The molecule has 0 radical (unpaired) electrons. The maximum Gasteiger partial charge on any atom is 0.0952 e. The first-order valence-corrected chi connectivity index (χ1v) is 6.40. The fraction of sp³-hybridized carbons (Fsp3) is 0.429. The Morgan fingerprint density at radius 3 is 3.11 bits per heavy atom. The van der Waals surface area contributed by atoms with Gasteiger partial charge in [0.1, 0.15) is 0 Å². The monoisotopic (exact) mass is 260 g/mol. The molecule has 0 aliphatic carbocycles. The maximum atomic E-state index is 5.01. The molecule has 0 fully saturated rings. The fourth-order valence-corrected chi connectivity index (χ4v) is 1.87. The van der Waals surface area contributed by atoms with Crippen molar-refractivity contribution in [2.24, 2.45) is 0 Å². The molecule has 5 heteroatoms. The van der Waals surface area contributed by atoms with Crippen molar-refractivity contribution in [1.29, 1.82) is 0 Å². The molecule has 1 N–H and O–H groups in total. The number of hydrogen-bond acceptors (Lipinski definition) is 4. The number of imidazole rings is 1. The van der Waals surface area contributed by atoms with Crippen LogP contribution in [-0.4, -0.2) is 34.8 Å². The summed E-state index contributed by atoms with van der Waals surface area (Å²) in [6.07, 6.45) is 5.56. The minimum atomic E-state index is 0.716. The zero-order valence-corrected chi connectivity index (χ0v) is 11.5. The van der Waals surface area contributed by atoms with Gasteiger partial charge in [0.25, 0.3) is 0 Å². The van der Waals surface area contributed by atoms with Crippen LogP contribution in [0.5, 0.6) is 0 Å². The Hall–Kier alpha value is -1.72. The number of aryl methyl sites for hydroxylation is 1. The van der Waals surface area contributed by atoms with Gasteiger partial charge in [-0.25, -0.2) is 4.98 Å². The standard InChI is InChI=1S/C14H20N4O/c1-12-4-3-5-17-14(12)10-18-11-16-9-13(18)8-15-6-7-19-2/h3-5,9,11,15H,6-8,10H2,1-2H3. The second-order valence-corrected chi connectivity index (χ2v) is 4.45. The molecular formula is C14H20N4O. The summed E-state index contributed by atoms with van der Waals surface area (Å²) in [6, 6.07) is 4.04. The molecular weight excluding hydrogens is 240 g/mol. The molecule has 19 heavy (non-hydrogen) atoms. The summed E-state index contributed by atoms with van der Waals surface area (Å²) < 4.78 is 7.13. The highest BCUT2D eigenvalue weighted by Gasteiger charge is 2.05. The molecule has 2 aromatic rings. The number of methoxy groups -OCH3 is 1. The quantitative estimate of drug-likeness (QED) is 0.764. The van der Waals surface area contributed by atoms with Crippen molar-refractivity contribution >= 4 is 0 Å². The van der Waals surface area contributed by atoms with E-state index in [-0.39, 0.29) is 0 Å². The Morgan fingerprint density at radius 1 is 1.42 bits per heavy atom. The van der Waals surface area contributed by atoms with Crippen LogP contribution in [0.2, 0.25) is 0 Å². The average Bonchev–Trinajstić information content (AvgIpc) is 2.85. The van der Waals surface area contributed by atoms with E-state index in [1.54, 1.807) is 7.11 Å². The predicted molar refractivity (Wildman–Crippen MR) is 73.9 cm³/mol. The normalized spacial score (nSPS) is 10.8. The Kier molecular flexibility index (Phi) is 5.06. The first-order chi connectivity index (χ1) is 9.31. The molecule has 0 spiro atoms. The van der Waals surface area contributed by atoms with E-state index in [4.69, 9.17) is 4.74 Å². The summed E-state index contributed by atoms with van der Waals surface area (Å²) in [5, 5.41) is 3.32. The Morgan fingerprint density at radius 2 is 2.32 bits per heavy atom. The lowest BCUT2D eigenvalue weighted by molar-refractivity contribution is 0.199. The van der Waals surface area contributed by atoms with Crippen molar-refractivity contribution in [3.63, 3.8) is 0 Å². The summed E-state index contributed by atoms with van der Waals surface area (Å²) in [4.78, 5) is 8.63. The first-order valence-electron chi connectivity index (χ1n) is 6.40. The molecule has 102 valence electrons. The minimum Gasteiger partial charge on any atom is -0.383 e. The van der Waals surface area contributed by atoms with Crippen molar-refractivity contribution < 1.29 is 4.74 Å². The second-order valence-electron chi connectivity index (χ2n) is 4.45. The van der Waals surface area contributed by atoms with Gasteiger partial charge in [-0.15, -0.1) is 0 Å². The van der Waals surface area contributed by atoms with Crippen LogP contribution in [0, 0.1) is 6.92 Å². The molecule has 2 heterocycles. The maximum absolute atomic E-state index is 5.01. The Labute approximate surface area is 113 Å². The topological polar surface area (TPSA) is 52.0 Å². The Balaban J connectivity index is 1.98. The summed E-state index contributed by atoms with van der Waals surface area (Å²) in [5.74, 6) is 0. The van der Waals surface area contributed by atoms with E-state index in [1.165, 1.54) is 5.56 Å². The van der Waals surface area contributed by atoms with E-state index in [2.05, 4.69) is 32.8 Å². The molecule has 0 unspecified atom stereocenters. The van der Waals surface area contributed by atoms with E-state index in [9.17, 15) is 0 Å². The predicted octanol–water partition coefficient (Wildman–Crippen LogP) is 1.37. The molecule has 0 aromatic carbocycles. The molecule has 0 amide bonds. The van der Waals surface area contributed by atoms with E-state index < -0.39 is 0 Å². The number of aromatic nitrogens is 3. The molecule has 0 saturated heterocycles. The highest BCUT2D eigenvalue weighted by molar-refractivity contribution is 5.18. The molecule has 2 aromatic heterocycles. The lowest BCUT2D eigenvalue weighted by Gasteiger charge is -2.10. The molecule has 5 nitrogen and oxygen atoms in total.